The van der Waals surface area contributed by atoms with E-state index >= 15 is 0 Å². The Labute approximate surface area is 145 Å². The van der Waals surface area contributed by atoms with Crippen molar-refractivity contribution in [1.29, 1.82) is 0 Å². The van der Waals surface area contributed by atoms with Crippen molar-refractivity contribution in [1.82, 2.24) is 0 Å². The van der Waals surface area contributed by atoms with E-state index in [0.29, 0.717) is 5.41 Å². The molecule has 0 heterocycles. The summed E-state index contributed by atoms with van der Waals surface area (Å²) in [7, 11) is 0. The molecule has 19 heavy (non-hydrogen) atoms. The quantitative estimate of drug-likeness (QED) is 0.483. The molecule has 0 N–H and O–H groups in total. The van der Waals surface area contributed by atoms with Gasteiger partial charge in [-0.3, -0.25) is 0 Å². The largest absolute Gasteiger partial charge is 0.358 e. The average molecular weight is 332 g/mol. The summed E-state index contributed by atoms with van der Waals surface area (Å²) in [6, 6.07) is 8.48. The molecule has 0 atom stereocenters. The molecule has 1 aromatic rings. The van der Waals surface area contributed by atoms with Gasteiger partial charge in [-0.25, -0.2) is 0 Å². The van der Waals surface area contributed by atoms with Gasteiger partial charge in [0.2, 0.25) is 0 Å². The van der Waals surface area contributed by atoms with Gasteiger partial charge in [0.05, 0.1) is 0 Å². The summed E-state index contributed by atoms with van der Waals surface area (Å²) in [4.78, 5) is 0. The Morgan fingerprint density at radius 2 is 1.16 bits per heavy atom. The number of allylic oxidation sites excluding steroid dienone is 2. The molecular weight excluding hydrogens is 305 g/mol. The Morgan fingerprint density at radius 3 is 1.26 bits per heavy atom. The van der Waals surface area contributed by atoms with E-state index in [-0.39, 0.29) is 40.1 Å². The van der Waals surface area contributed by atoms with Gasteiger partial charge in [-0.2, -0.15) is 0 Å². The molecule has 0 saturated heterocycles. The van der Waals surface area contributed by atoms with Gasteiger partial charge in [0, 0.05) is 38.1 Å². The maximum absolute atomic E-state index is 3.95. The Bertz CT molecular complexity index is 371. The van der Waals surface area contributed by atoms with Crippen LogP contribution in [0, 0.1) is 26.7 Å². The fourth-order valence-electron chi connectivity index (χ4n) is 1.98. The summed E-state index contributed by atoms with van der Waals surface area (Å²) in [5.74, 6) is 0. The van der Waals surface area contributed by atoms with Crippen LogP contribution in [0.3, 0.4) is 0 Å². The molecule has 0 unspecified atom stereocenters. The van der Waals surface area contributed by atoms with Crippen LogP contribution in [0.2, 0.25) is 0 Å². The smallest absolute Gasteiger partial charge is 0.0110 e. The first-order valence-electron chi connectivity index (χ1n) is 6.24. The van der Waals surface area contributed by atoms with E-state index in [1.54, 1.807) is 0 Å². The molecular formula is C18H27Y-. The second-order valence-corrected chi connectivity index (χ2v) is 5.30. The van der Waals surface area contributed by atoms with Crippen molar-refractivity contribution < 1.29 is 32.7 Å². The first-order valence-corrected chi connectivity index (χ1v) is 6.24. The maximum atomic E-state index is 3.95. The Balaban J connectivity index is 0. The fourth-order valence-corrected chi connectivity index (χ4v) is 1.98. The third kappa shape index (κ3) is 6.19. The van der Waals surface area contributed by atoms with E-state index < -0.39 is 0 Å². The first kappa shape index (κ1) is 21.1. The molecule has 103 valence electrons. The van der Waals surface area contributed by atoms with E-state index in [9.17, 15) is 0 Å². The molecule has 0 aliphatic heterocycles. The normalized spacial score (nSPS) is 13.9. The second kappa shape index (κ2) is 8.87. The molecule has 1 aliphatic rings. The molecule has 0 amide bonds. The van der Waals surface area contributed by atoms with Crippen LogP contribution in [0.15, 0.2) is 48.6 Å². The number of hydrogen-bond donors (Lipinski definition) is 0. The van der Waals surface area contributed by atoms with Gasteiger partial charge >= 0.3 is 0 Å². The van der Waals surface area contributed by atoms with E-state index in [4.69, 9.17) is 0 Å². The van der Waals surface area contributed by atoms with Crippen molar-refractivity contribution >= 4 is 0 Å². The molecule has 0 aromatic heterocycles. The summed E-state index contributed by atoms with van der Waals surface area (Å²) in [6.45, 7) is 16.3. The minimum absolute atomic E-state index is 0. The van der Waals surface area contributed by atoms with Crippen molar-refractivity contribution in [3.8, 4) is 0 Å². The van der Waals surface area contributed by atoms with Crippen molar-refractivity contribution in [3.63, 3.8) is 0 Å². The summed E-state index contributed by atoms with van der Waals surface area (Å²) in [6.07, 6.45) is 2.55. The van der Waals surface area contributed by atoms with Gasteiger partial charge in [-0.1, -0.05) is 59.7 Å². The Hall–Kier alpha value is -0.196. The SMILES string of the molecule is C=C(C)C1(C(=C)C)CC1.Cc1ccc(C)cc1.[CH3-].[Y]. The van der Waals surface area contributed by atoms with Crippen LogP contribution in [0.1, 0.15) is 37.8 Å². The Morgan fingerprint density at radius 1 is 0.895 bits per heavy atom. The predicted molar refractivity (Wildman–Crippen MR) is 83.6 cm³/mol. The van der Waals surface area contributed by atoms with Crippen LogP contribution in [-0.2, 0) is 32.7 Å². The molecule has 1 fully saturated rings. The monoisotopic (exact) mass is 332 g/mol. The van der Waals surface area contributed by atoms with E-state index in [2.05, 4.69) is 65.1 Å². The molecule has 0 nitrogen and oxygen atoms in total. The zero-order valence-electron chi connectivity index (χ0n) is 13.2. The summed E-state index contributed by atoms with van der Waals surface area (Å²) in [5, 5.41) is 0. The molecule has 1 aliphatic carbocycles. The van der Waals surface area contributed by atoms with Gasteiger partial charge in [-0.15, -0.1) is 0 Å². The van der Waals surface area contributed by atoms with Crippen LogP contribution >= 0.6 is 0 Å². The van der Waals surface area contributed by atoms with Gasteiger partial charge in [-0.05, 0) is 40.5 Å². The maximum Gasteiger partial charge on any atom is 0.0110 e. The summed E-state index contributed by atoms with van der Waals surface area (Å²) >= 11 is 0. The number of benzene rings is 1. The molecule has 1 saturated carbocycles. The third-order valence-corrected chi connectivity index (χ3v) is 3.60. The fraction of sp³-hybridized carbons (Fsp3) is 0.389. The van der Waals surface area contributed by atoms with Crippen LogP contribution < -0.4 is 0 Å². The Kier molecular flexibility index (Phi) is 9.86. The van der Waals surface area contributed by atoms with Crippen molar-refractivity contribution in [2.24, 2.45) is 5.41 Å². The molecule has 1 radical (unpaired) electrons. The van der Waals surface area contributed by atoms with Crippen LogP contribution in [0.4, 0.5) is 0 Å². The molecule has 1 heteroatoms. The number of rotatable bonds is 2. The molecule has 1 aromatic carbocycles. The van der Waals surface area contributed by atoms with E-state index in [0.717, 1.165) is 0 Å². The van der Waals surface area contributed by atoms with E-state index in [1.165, 1.54) is 35.1 Å². The summed E-state index contributed by atoms with van der Waals surface area (Å²) in [5.41, 5.74) is 5.59. The molecule has 0 spiro atoms. The number of aryl methyl sites for hydroxylation is 2. The second-order valence-electron chi connectivity index (χ2n) is 5.30. The zero-order valence-corrected chi connectivity index (χ0v) is 16.1. The minimum atomic E-state index is 0. The predicted octanol–water partition coefficient (Wildman–Crippen LogP) is 5.67. The minimum Gasteiger partial charge on any atom is -0.358 e. The average Bonchev–Trinajstić information content (AvgIpc) is 3.04. The standard InChI is InChI=1S/C9H14.C8H10.CH3.Y/c1-7(2)9(5-6-9)8(3)4;1-7-3-5-8(2)6-4-7;;/h1,3,5-6H2,2,4H3;3-6H,1-2H3;1H3;/q;;-1;. The van der Waals surface area contributed by atoms with Gasteiger partial charge in [0.1, 0.15) is 0 Å². The van der Waals surface area contributed by atoms with Crippen LogP contribution in [0.25, 0.3) is 0 Å². The number of hydrogen-bond acceptors (Lipinski definition) is 0. The first-order chi connectivity index (χ1) is 7.88. The van der Waals surface area contributed by atoms with Gasteiger partial charge < -0.3 is 7.43 Å². The van der Waals surface area contributed by atoms with Crippen molar-refractivity contribution in [2.45, 2.75) is 40.5 Å². The molecule has 2 rings (SSSR count). The van der Waals surface area contributed by atoms with Crippen molar-refractivity contribution in [2.75, 3.05) is 0 Å². The summed E-state index contributed by atoms with van der Waals surface area (Å²) < 4.78 is 0. The van der Waals surface area contributed by atoms with Gasteiger partial charge in [0.25, 0.3) is 0 Å². The third-order valence-electron chi connectivity index (χ3n) is 3.60. The van der Waals surface area contributed by atoms with E-state index in [1.807, 2.05) is 0 Å². The topological polar surface area (TPSA) is 0 Å². The van der Waals surface area contributed by atoms with Crippen molar-refractivity contribution in [3.05, 3.63) is 67.1 Å². The zero-order chi connectivity index (χ0) is 13.1. The van der Waals surface area contributed by atoms with Crippen LogP contribution in [-0.4, -0.2) is 0 Å². The molecule has 0 bridgehead atoms. The van der Waals surface area contributed by atoms with Crippen LogP contribution in [0.5, 0.6) is 0 Å². The van der Waals surface area contributed by atoms with Gasteiger partial charge in [0.15, 0.2) is 0 Å².